The van der Waals surface area contributed by atoms with Crippen molar-refractivity contribution in [3.05, 3.63) is 87.0 Å². The van der Waals surface area contributed by atoms with Crippen LogP contribution in [0.4, 0.5) is 5.69 Å². The molecule has 0 aliphatic carbocycles. The van der Waals surface area contributed by atoms with E-state index in [9.17, 15) is 23.8 Å². The van der Waals surface area contributed by atoms with Gasteiger partial charge in [0, 0.05) is 23.8 Å². The molecule has 28 heavy (non-hydrogen) atoms. The van der Waals surface area contributed by atoms with Gasteiger partial charge in [-0.3, -0.25) is 10.1 Å². The van der Waals surface area contributed by atoms with Crippen LogP contribution in [0.25, 0.3) is 17.4 Å². The molecule has 0 unspecified atom stereocenters. The molecule has 0 aliphatic rings. The number of aryl methyl sites for hydroxylation is 1. The summed E-state index contributed by atoms with van der Waals surface area (Å²) in [5.74, 6) is 0.466. The van der Waals surface area contributed by atoms with Crippen molar-refractivity contribution in [1.29, 1.82) is 5.26 Å². The van der Waals surface area contributed by atoms with Crippen molar-refractivity contribution in [3.8, 4) is 17.4 Å². The zero-order chi connectivity index (χ0) is 20.3. The fourth-order valence-corrected chi connectivity index (χ4v) is 3.64. The molecule has 0 saturated carbocycles. The molecule has 0 spiro atoms. The van der Waals surface area contributed by atoms with E-state index in [1.54, 1.807) is 30.3 Å². The van der Waals surface area contributed by atoms with Crippen molar-refractivity contribution < 1.29 is 17.8 Å². The van der Waals surface area contributed by atoms with Gasteiger partial charge in [0.15, 0.2) is 4.91 Å². The predicted octanol–water partition coefficient (Wildman–Crippen LogP) is 4.50. The highest BCUT2D eigenvalue weighted by molar-refractivity contribution is 7.95. The van der Waals surface area contributed by atoms with Crippen LogP contribution in [-0.4, -0.2) is 13.3 Å². The van der Waals surface area contributed by atoms with E-state index in [1.807, 2.05) is 6.92 Å². The molecule has 7 nitrogen and oxygen atoms in total. The number of allylic oxidation sites excluding steroid dienone is 1. The lowest BCUT2D eigenvalue weighted by molar-refractivity contribution is -0.384. The fraction of sp³-hybridized carbons (Fsp3) is 0.0500. The minimum Gasteiger partial charge on any atom is -0.457 e. The van der Waals surface area contributed by atoms with Crippen LogP contribution in [0.3, 0.4) is 0 Å². The first-order valence-electron chi connectivity index (χ1n) is 8.09. The molecule has 0 aliphatic heterocycles. The highest BCUT2D eigenvalue weighted by Gasteiger charge is 2.21. The van der Waals surface area contributed by atoms with Crippen LogP contribution in [0.15, 0.2) is 74.9 Å². The van der Waals surface area contributed by atoms with Crippen LogP contribution in [-0.2, 0) is 9.84 Å². The van der Waals surface area contributed by atoms with E-state index in [0.717, 1.165) is 11.6 Å². The first-order chi connectivity index (χ1) is 13.3. The minimum absolute atomic E-state index is 0.0105. The van der Waals surface area contributed by atoms with E-state index < -0.39 is 19.7 Å². The molecular weight excluding hydrogens is 380 g/mol. The Hall–Kier alpha value is -3.70. The number of sulfone groups is 1. The third kappa shape index (κ3) is 3.84. The van der Waals surface area contributed by atoms with Crippen molar-refractivity contribution in [2.75, 3.05) is 0 Å². The highest BCUT2D eigenvalue weighted by Crippen LogP contribution is 2.28. The lowest BCUT2D eigenvalue weighted by atomic mass is 10.1. The molecule has 0 N–H and O–H groups in total. The van der Waals surface area contributed by atoms with Crippen LogP contribution >= 0.6 is 0 Å². The number of non-ortho nitro benzene ring substituents is 1. The Kier molecular flexibility index (Phi) is 5.11. The van der Waals surface area contributed by atoms with Gasteiger partial charge >= 0.3 is 0 Å². The summed E-state index contributed by atoms with van der Waals surface area (Å²) < 4.78 is 30.9. The van der Waals surface area contributed by atoms with Gasteiger partial charge < -0.3 is 4.42 Å². The quantitative estimate of drug-likeness (QED) is 0.357. The zero-order valence-corrected chi connectivity index (χ0v) is 15.5. The zero-order valence-electron chi connectivity index (χ0n) is 14.7. The maximum absolute atomic E-state index is 12.7. The second kappa shape index (κ2) is 7.50. The van der Waals surface area contributed by atoms with Gasteiger partial charge in [-0.25, -0.2) is 8.42 Å². The molecule has 8 heteroatoms. The Labute approximate surface area is 161 Å². The molecule has 140 valence electrons. The molecule has 3 aromatic rings. The van der Waals surface area contributed by atoms with Crippen molar-refractivity contribution in [3.63, 3.8) is 0 Å². The Morgan fingerprint density at radius 3 is 2.50 bits per heavy atom. The Bertz CT molecular complexity index is 1220. The maximum Gasteiger partial charge on any atom is 0.270 e. The van der Waals surface area contributed by atoms with Crippen molar-refractivity contribution in [2.24, 2.45) is 0 Å². The van der Waals surface area contributed by atoms with E-state index >= 15 is 0 Å². The molecule has 2 aromatic carbocycles. The number of hydrogen-bond acceptors (Lipinski definition) is 6. The molecule has 0 saturated heterocycles. The van der Waals surface area contributed by atoms with Gasteiger partial charge in [0.2, 0.25) is 9.84 Å². The highest BCUT2D eigenvalue weighted by atomic mass is 32.2. The van der Waals surface area contributed by atoms with Gasteiger partial charge in [0.05, 0.1) is 9.82 Å². The Morgan fingerprint density at radius 2 is 1.86 bits per heavy atom. The van der Waals surface area contributed by atoms with E-state index in [-0.39, 0.29) is 16.3 Å². The van der Waals surface area contributed by atoms with Crippen LogP contribution in [0.1, 0.15) is 11.3 Å². The number of benzene rings is 2. The molecule has 1 heterocycles. The number of nitrogens with zero attached hydrogens (tertiary/aromatic N) is 2. The minimum atomic E-state index is -3.99. The summed E-state index contributed by atoms with van der Waals surface area (Å²) in [6, 6.07) is 16.8. The first kappa shape index (κ1) is 19.1. The monoisotopic (exact) mass is 394 g/mol. The van der Waals surface area contributed by atoms with Crippen molar-refractivity contribution in [2.45, 2.75) is 11.8 Å². The summed E-state index contributed by atoms with van der Waals surface area (Å²) in [7, 11) is -3.99. The Balaban J connectivity index is 1.97. The summed E-state index contributed by atoms with van der Waals surface area (Å²) in [5.41, 5.74) is 1.27. The van der Waals surface area contributed by atoms with Gasteiger partial charge in [-0.15, -0.1) is 0 Å². The van der Waals surface area contributed by atoms with Crippen LogP contribution in [0, 0.1) is 28.4 Å². The van der Waals surface area contributed by atoms with E-state index in [0.29, 0.717) is 11.3 Å². The topological polar surface area (TPSA) is 114 Å². The SMILES string of the molecule is Cc1ccc(S(=O)(=O)C(C#N)=Cc2ccc(-c3cccc([N+](=O)[O-])c3)o2)cc1. The molecular formula is C20H14N2O5S. The molecule has 0 amide bonds. The third-order valence-corrected chi connectivity index (χ3v) is 5.65. The standard InChI is InChI=1S/C20H14N2O5S/c1-14-5-8-18(9-6-14)28(25,26)19(13-21)12-17-7-10-20(27-17)15-3-2-4-16(11-15)22(23)24/h2-12H,1H3. The first-order valence-corrected chi connectivity index (χ1v) is 9.58. The fourth-order valence-electron chi connectivity index (χ4n) is 2.50. The van der Waals surface area contributed by atoms with Crippen LogP contribution in [0.5, 0.6) is 0 Å². The smallest absolute Gasteiger partial charge is 0.270 e. The molecule has 0 atom stereocenters. The van der Waals surface area contributed by atoms with Gasteiger partial charge in [-0.05, 0) is 31.2 Å². The average molecular weight is 394 g/mol. The number of hydrogen-bond donors (Lipinski definition) is 0. The average Bonchev–Trinajstić information content (AvgIpc) is 3.15. The van der Waals surface area contributed by atoms with Gasteiger partial charge in [0.1, 0.15) is 17.6 Å². The Morgan fingerprint density at radius 1 is 1.14 bits per heavy atom. The summed E-state index contributed by atoms with van der Waals surface area (Å²) in [6.45, 7) is 1.83. The normalized spacial score (nSPS) is 11.8. The number of furan rings is 1. The summed E-state index contributed by atoms with van der Waals surface area (Å²) >= 11 is 0. The molecule has 3 rings (SSSR count). The second-order valence-corrected chi connectivity index (χ2v) is 7.86. The van der Waals surface area contributed by atoms with Crippen LogP contribution < -0.4 is 0 Å². The van der Waals surface area contributed by atoms with E-state index in [4.69, 9.17) is 4.42 Å². The van der Waals surface area contributed by atoms with Gasteiger partial charge in [0.25, 0.3) is 5.69 Å². The lowest BCUT2D eigenvalue weighted by Gasteiger charge is -2.03. The predicted molar refractivity (Wildman–Crippen MR) is 103 cm³/mol. The number of nitriles is 1. The number of nitro groups is 1. The number of rotatable bonds is 5. The van der Waals surface area contributed by atoms with Crippen molar-refractivity contribution in [1.82, 2.24) is 0 Å². The summed E-state index contributed by atoms with van der Waals surface area (Å²) in [5, 5.41) is 20.2. The molecule has 1 aromatic heterocycles. The van der Waals surface area contributed by atoms with Crippen molar-refractivity contribution >= 4 is 21.6 Å². The second-order valence-electron chi connectivity index (χ2n) is 5.95. The lowest BCUT2D eigenvalue weighted by Crippen LogP contribution is -2.03. The van der Waals surface area contributed by atoms with E-state index in [1.165, 1.54) is 36.4 Å². The summed E-state index contributed by atoms with van der Waals surface area (Å²) in [6.07, 6.45) is 1.13. The van der Waals surface area contributed by atoms with Gasteiger partial charge in [-0.2, -0.15) is 5.26 Å². The molecule has 0 radical (unpaired) electrons. The maximum atomic E-state index is 12.7. The van der Waals surface area contributed by atoms with E-state index in [2.05, 4.69) is 0 Å². The largest absolute Gasteiger partial charge is 0.457 e. The number of nitro benzene ring substituents is 1. The van der Waals surface area contributed by atoms with Gasteiger partial charge in [-0.1, -0.05) is 29.8 Å². The molecule has 0 bridgehead atoms. The third-order valence-electron chi connectivity index (χ3n) is 3.97. The van der Waals surface area contributed by atoms with Crippen LogP contribution in [0.2, 0.25) is 0 Å². The summed E-state index contributed by atoms with van der Waals surface area (Å²) in [4.78, 5) is 9.93. The molecule has 0 fully saturated rings.